The topological polar surface area (TPSA) is 77.8 Å². The Morgan fingerprint density at radius 1 is 1.07 bits per heavy atom. The summed E-state index contributed by atoms with van der Waals surface area (Å²) in [6.45, 7) is 2.94. The number of aromatic amines is 1. The summed E-state index contributed by atoms with van der Waals surface area (Å²) in [6, 6.07) is 21.9. The van der Waals surface area contributed by atoms with Gasteiger partial charge < -0.3 is 14.6 Å². The first kappa shape index (κ1) is 17.6. The van der Waals surface area contributed by atoms with Crippen molar-refractivity contribution in [2.75, 3.05) is 18.1 Å². The second-order valence-electron chi connectivity index (χ2n) is 6.19. The fraction of sp³-hybridized carbons (Fsp3) is 0.136. The number of para-hydroxylation sites is 1. The molecular weight excluding hydrogens is 350 g/mol. The molecule has 0 aliphatic carbocycles. The molecule has 0 saturated heterocycles. The number of nitrogens with zero attached hydrogens (tertiary/aromatic N) is 4. The summed E-state index contributed by atoms with van der Waals surface area (Å²) in [5.41, 5.74) is 3.84. The molecule has 0 atom stereocenters. The maximum absolute atomic E-state index is 8.62. The summed E-state index contributed by atoms with van der Waals surface area (Å²) in [6.07, 6.45) is 1.59. The van der Waals surface area contributed by atoms with Gasteiger partial charge in [0.05, 0.1) is 5.39 Å². The van der Waals surface area contributed by atoms with E-state index in [2.05, 4.69) is 45.0 Å². The Labute approximate surface area is 163 Å². The van der Waals surface area contributed by atoms with E-state index in [4.69, 9.17) is 10.00 Å². The standard InChI is InChI=1S/C22H19N5O/c1-2-27(17-6-4-3-5-7-17)22-19-14-20(26-21(19)24-15-25-22)16-8-10-18(11-9-16)28-13-12-23/h3-11,14-15H,2,13H2,1H3,(H,24,25,26). The fourth-order valence-electron chi connectivity index (χ4n) is 3.21. The van der Waals surface area contributed by atoms with E-state index in [1.807, 2.05) is 48.5 Å². The van der Waals surface area contributed by atoms with Gasteiger partial charge in [0.2, 0.25) is 0 Å². The lowest BCUT2D eigenvalue weighted by Gasteiger charge is -2.22. The molecule has 6 nitrogen and oxygen atoms in total. The molecular formula is C22H19N5O. The van der Waals surface area contributed by atoms with Gasteiger partial charge in [0.1, 0.15) is 29.6 Å². The van der Waals surface area contributed by atoms with Gasteiger partial charge >= 0.3 is 0 Å². The molecule has 0 amide bonds. The number of rotatable bonds is 6. The van der Waals surface area contributed by atoms with Gasteiger partial charge in [0.15, 0.2) is 6.61 Å². The van der Waals surface area contributed by atoms with E-state index in [1.54, 1.807) is 6.33 Å². The first-order valence-electron chi connectivity index (χ1n) is 9.06. The van der Waals surface area contributed by atoms with E-state index in [9.17, 15) is 0 Å². The number of anilines is 2. The quantitative estimate of drug-likeness (QED) is 0.534. The summed E-state index contributed by atoms with van der Waals surface area (Å²) in [5, 5.41) is 9.58. The van der Waals surface area contributed by atoms with Crippen LogP contribution in [0.1, 0.15) is 6.92 Å². The van der Waals surface area contributed by atoms with Gasteiger partial charge in [-0.25, -0.2) is 9.97 Å². The number of nitriles is 1. The molecule has 2 aromatic heterocycles. The van der Waals surface area contributed by atoms with Gasteiger partial charge in [-0.1, -0.05) is 18.2 Å². The van der Waals surface area contributed by atoms with Crippen LogP contribution >= 0.6 is 0 Å². The van der Waals surface area contributed by atoms with Gasteiger partial charge in [-0.2, -0.15) is 5.26 Å². The summed E-state index contributed by atoms with van der Waals surface area (Å²) in [5.74, 6) is 1.54. The molecule has 4 aromatic rings. The SMILES string of the molecule is CCN(c1ccccc1)c1ncnc2[nH]c(-c3ccc(OCC#N)cc3)cc12. The van der Waals surface area contributed by atoms with Crippen LogP contribution in [0.4, 0.5) is 11.5 Å². The van der Waals surface area contributed by atoms with Gasteiger partial charge in [0, 0.05) is 17.9 Å². The van der Waals surface area contributed by atoms with Crippen molar-refractivity contribution in [1.82, 2.24) is 15.0 Å². The summed E-state index contributed by atoms with van der Waals surface area (Å²) in [7, 11) is 0. The molecule has 0 unspecified atom stereocenters. The van der Waals surface area contributed by atoms with Crippen molar-refractivity contribution in [2.24, 2.45) is 0 Å². The molecule has 0 radical (unpaired) electrons. The molecule has 0 fully saturated rings. The average Bonchev–Trinajstić information content (AvgIpc) is 3.19. The van der Waals surface area contributed by atoms with Gasteiger partial charge in [-0.3, -0.25) is 0 Å². The lowest BCUT2D eigenvalue weighted by atomic mass is 10.1. The Morgan fingerprint density at radius 2 is 1.86 bits per heavy atom. The van der Waals surface area contributed by atoms with Crippen LogP contribution in [-0.4, -0.2) is 28.1 Å². The smallest absolute Gasteiger partial charge is 0.174 e. The largest absolute Gasteiger partial charge is 0.479 e. The van der Waals surface area contributed by atoms with E-state index in [1.165, 1.54) is 0 Å². The highest BCUT2D eigenvalue weighted by Gasteiger charge is 2.15. The number of aromatic nitrogens is 3. The van der Waals surface area contributed by atoms with Gasteiger partial charge in [0.25, 0.3) is 0 Å². The number of ether oxygens (including phenoxy) is 1. The molecule has 0 saturated carbocycles. The van der Waals surface area contributed by atoms with Crippen molar-refractivity contribution in [3.63, 3.8) is 0 Å². The molecule has 1 N–H and O–H groups in total. The summed E-state index contributed by atoms with van der Waals surface area (Å²) < 4.78 is 5.32. The zero-order chi connectivity index (χ0) is 19.3. The van der Waals surface area contributed by atoms with E-state index in [-0.39, 0.29) is 6.61 Å². The molecule has 0 spiro atoms. The highest BCUT2D eigenvalue weighted by molar-refractivity contribution is 5.93. The van der Waals surface area contributed by atoms with E-state index >= 15 is 0 Å². The van der Waals surface area contributed by atoms with Crippen molar-refractivity contribution in [3.8, 4) is 23.1 Å². The van der Waals surface area contributed by atoms with Gasteiger partial charge in [-0.15, -0.1) is 0 Å². The third-order valence-electron chi connectivity index (χ3n) is 4.51. The molecule has 0 aliphatic rings. The van der Waals surface area contributed by atoms with Crippen molar-refractivity contribution >= 4 is 22.5 Å². The second-order valence-corrected chi connectivity index (χ2v) is 6.19. The molecule has 138 valence electrons. The zero-order valence-corrected chi connectivity index (χ0v) is 15.5. The number of hydrogen-bond donors (Lipinski definition) is 1. The third kappa shape index (κ3) is 3.38. The lowest BCUT2D eigenvalue weighted by molar-refractivity contribution is 0.368. The van der Waals surface area contributed by atoms with Crippen molar-refractivity contribution in [1.29, 1.82) is 5.26 Å². The number of H-pyrrole nitrogens is 1. The molecule has 6 heteroatoms. The maximum atomic E-state index is 8.62. The van der Waals surface area contributed by atoms with Crippen LogP contribution in [0.2, 0.25) is 0 Å². The van der Waals surface area contributed by atoms with Crippen LogP contribution in [-0.2, 0) is 0 Å². The Hall–Kier alpha value is -3.85. The number of hydrogen-bond acceptors (Lipinski definition) is 5. The van der Waals surface area contributed by atoms with Crippen LogP contribution in [0, 0.1) is 11.3 Å². The highest BCUT2D eigenvalue weighted by Crippen LogP contribution is 2.32. The second kappa shape index (κ2) is 7.80. The van der Waals surface area contributed by atoms with Crippen molar-refractivity contribution in [3.05, 3.63) is 67.0 Å². The van der Waals surface area contributed by atoms with E-state index < -0.39 is 0 Å². The first-order chi connectivity index (χ1) is 13.8. The van der Waals surface area contributed by atoms with Crippen molar-refractivity contribution < 1.29 is 4.74 Å². The normalized spacial score (nSPS) is 10.6. The molecule has 2 aromatic carbocycles. The maximum Gasteiger partial charge on any atom is 0.174 e. The fourth-order valence-corrected chi connectivity index (χ4v) is 3.21. The van der Waals surface area contributed by atoms with Crippen LogP contribution in [0.5, 0.6) is 5.75 Å². The Morgan fingerprint density at radius 3 is 2.57 bits per heavy atom. The monoisotopic (exact) mass is 369 g/mol. The highest BCUT2D eigenvalue weighted by atomic mass is 16.5. The number of fused-ring (bicyclic) bond motifs is 1. The molecule has 0 aliphatic heterocycles. The van der Waals surface area contributed by atoms with Crippen LogP contribution in [0.25, 0.3) is 22.3 Å². The minimum absolute atomic E-state index is 0.0387. The number of benzene rings is 2. The third-order valence-corrected chi connectivity index (χ3v) is 4.51. The summed E-state index contributed by atoms with van der Waals surface area (Å²) >= 11 is 0. The molecule has 2 heterocycles. The van der Waals surface area contributed by atoms with Crippen LogP contribution in [0.15, 0.2) is 67.0 Å². The van der Waals surface area contributed by atoms with Crippen LogP contribution < -0.4 is 9.64 Å². The Bertz CT molecular complexity index is 1110. The Balaban J connectivity index is 1.72. The molecule has 0 bridgehead atoms. The molecule has 4 rings (SSSR count). The van der Waals surface area contributed by atoms with E-state index in [0.717, 1.165) is 40.3 Å². The number of nitrogens with one attached hydrogen (secondary N) is 1. The van der Waals surface area contributed by atoms with Gasteiger partial charge in [-0.05, 0) is 55.0 Å². The minimum Gasteiger partial charge on any atom is -0.479 e. The predicted octanol–water partition coefficient (Wildman–Crippen LogP) is 4.69. The first-order valence-corrected chi connectivity index (χ1v) is 9.06. The predicted molar refractivity (Wildman–Crippen MR) is 110 cm³/mol. The lowest BCUT2D eigenvalue weighted by Crippen LogP contribution is -2.17. The minimum atomic E-state index is 0.0387. The van der Waals surface area contributed by atoms with E-state index in [0.29, 0.717) is 5.75 Å². The van der Waals surface area contributed by atoms with Crippen LogP contribution in [0.3, 0.4) is 0 Å². The Kier molecular flexibility index (Phi) is 4.89. The van der Waals surface area contributed by atoms with Crippen molar-refractivity contribution in [2.45, 2.75) is 6.92 Å². The average molecular weight is 369 g/mol. The summed E-state index contributed by atoms with van der Waals surface area (Å²) in [4.78, 5) is 14.5. The molecule has 28 heavy (non-hydrogen) atoms. The zero-order valence-electron chi connectivity index (χ0n) is 15.5.